The molecule has 4 nitrogen and oxygen atoms in total. The molecule has 1 fully saturated rings. The maximum atomic E-state index is 11.1. The molecule has 2 rings (SSSR count). The Morgan fingerprint density at radius 2 is 2.30 bits per heavy atom. The van der Waals surface area contributed by atoms with Crippen LogP contribution in [-0.4, -0.2) is 41.2 Å². The van der Waals surface area contributed by atoms with Crippen molar-refractivity contribution in [3.63, 3.8) is 0 Å². The van der Waals surface area contributed by atoms with Gasteiger partial charge in [0.05, 0.1) is 4.47 Å². The zero-order chi connectivity index (χ0) is 14.7. The van der Waals surface area contributed by atoms with Crippen LogP contribution in [0, 0.1) is 0 Å². The molecule has 0 aromatic heterocycles. The molecule has 0 radical (unpaired) electrons. The van der Waals surface area contributed by atoms with Gasteiger partial charge in [-0.05, 0) is 53.9 Å². The Morgan fingerprint density at radius 1 is 1.60 bits per heavy atom. The van der Waals surface area contributed by atoms with Gasteiger partial charge in [0.15, 0.2) is 0 Å². The summed E-state index contributed by atoms with van der Waals surface area (Å²) in [5.74, 6) is -0.0716. The number of aliphatic carboxylic acids is 1. The first-order valence-corrected chi connectivity index (χ1v) is 7.72. The van der Waals surface area contributed by atoms with E-state index in [9.17, 15) is 4.79 Å². The van der Waals surface area contributed by atoms with Gasteiger partial charge < -0.3 is 9.84 Å². The SMILES string of the molecule is CC(C(=O)O)N(CCOc1ccc(Cl)cc1Br)C1CC1. The zero-order valence-corrected chi connectivity index (χ0v) is 13.5. The van der Waals surface area contributed by atoms with E-state index in [0.717, 1.165) is 17.3 Å². The van der Waals surface area contributed by atoms with Crippen LogP contribution < -0.4 is 4.74 Å². The van der Waals surface area contributed by atoms with Gasteiger partial charge in [-0.3, -0.25) is 9.69 Å². The van der Waals surface area contributed by atoms with Crippen LogP contribution in [0.4, 0.5) is 0 Å². The van der Waals surface area contributed by atoms with E-state index >= 15 is 0 Å². The van der Waals surface area contributed by atoms with Crippen molar-refractivity contribution < 1.29 is 14.6 Å². The molecule has 6 heteroatoms. The van der Waals surface area contributed by atoms with E-state index in [4.69, 9.17) is 21.4 Å². The van der Waals surface area contributed by atoms with Gasteiger partial charge in [-0.25, -0.2) is 0 Å². The van der Waals surface area contributed by atoms with Gasteiger partial charge in [0.1, 0.15) is 18.4 Å². The normalized spacial score (nSPS) is 16.2. The average Bonchev–Trinajstić information content (AvgIpc) is 3.20. The molecule has 1 aromatic carbocycles. The molecular weight excluding hydrogens is 346 g/mol. The van der Waals surface area contributed by atoms with E-state index in [1.807, 2.05) is 4.90 Å². The number of hydrogen-bond donors (Lipinski definition) is 1. The van der Waals surface area contributed by atoms with Crippen molar-refractivity contribution in [3.05, 3.63) is 27.7 Å². The summed E-state index contributed by atoms with van der Waals surface area (Å²) in [6.07, 6.45) is 2.14. The number of nitrogens with zero attached hydrogens (tertiary/aromatic N) is 1. The number of benzene rings is 1. The summed E-state index contributed by atoms with van der Waals surface area (Å²) in [7, 11) is 0. The lowest BCUT2D eigenvalue weighted by atomic mass is 10.2. The molecule has 1 aliphatic rings. The third-order valence-corrected chi connectivity index (χ3v) is 4.23. The Kier molecular flexibility index (Phi) is 5.29. The van der Waals surface area contributed by atoms with Crippen molar-refractivity contribution in [2.45, 2.75) is 31.8 Å². The van der Waals surface area contributed by atoms with E-state index in [1.165, 1.54) is 0 Å². The summed E-state index contributed by atoms with van der Waals surface area (Å²) in [5, 5.41) is 9.76. The molecule has 0 saturated heterocycles. The Labute approximate surface area is 131 Å². The molecular formula is C14H17BrClNO3. The zero-order valence-electron chi connectivity index (χ0n) is 11.2. The summed E-state index contributed by atoms with van der Waals surface area (Å²) in [6, 6.07) is 5.25. The Balaban J connectivity index is 1.88. The van der Waals surface area contributed by atoms with Gasteiger partial charge in [-0.15, -0.1) is 0 Å². The lowest BCUT2D eigenvalue weighted by Gasteiger charge is -2.26. The third kappa shape index (κ3) is 4.11. The molecule has 1 aliphatic carbocycles. The van der Waals surface area contributed by atoms with E-state index in [2.05, 4.69) is 15.9 Å². The maximum absolute atomic E-state index is 11.1. The van der Waals surface area contributed by atoms with E-state index in [1.54, 1.807) is 25.1 Å². The third-order valence-electron chi connectivity index (χ3n) is 3.37. The van der Waals surface area contributed by atoms with Gasteiger partial charge in [0.2, 0.25) is 0 Å². The molecule has 0 aliphatic heterocycles. The molecule has 20 heavy (non-hydrogen) atoms. The van der Waals surface area contributed by atoms with Crippen LogP contribution in [0.25, 0.3) is 0 Å². The number of hydrogen-bond acceptors (Lipinski definition) is 3. The van der Waals surface area contributed by atoms with E-state index in [0.29, 0.717) is 30.0 Å². The van der Waals surface area contributed by atoms with Crippen LogP contribution in [0.3, 0.4) is 0 Å². The van der Waals surface area contributed by atoms with Crippen LogP contribution in [0.1, 0.15) is 19.8 Å². The topological polar surface area (TPSA) is 49.8 Å². The van der Waals surface area contributed by atoms with E-state index in [-0.39, 0.29) is 0 Å². The highest BCUT2D eigenvalue weighted by Gasteiger charge is 2.34. The monoisotopic (exact) mass is 361 g/mol. The van der Waals surface area contributed by atoms with Crippen molar-refractivity contribution in [2.75, 3.05) is 13.2 Å². The first kappa shape index (κ1) is 15.6. The van der Waals surface area contributed by atoms with Crippen molar-refractivity contribution in [1.82, 2.24) is 4.90 Å². The smallest absolute Gasteiger partial charge is 0.320 e. The van der Waals surface area contributed by atoms with Crippen LogP contribution in [0.15, 0.2) is 22.7 Å². The fourth-order valence-corrected chi connectivity index (χ4v) is 2.89. The average molecular weight is 363 g/mol. The highest BCUT2D eigenvalue weighted by atomic mass is 79.9. The highest BCUT2D eigenvalue weighted by molar-refractivity contribution is 9.10. The highest BCUT2D eigenvalue weighted by Crippen LogP contribution is 2.30. The number of carboxylic acids is 1. The fraction of sp³-hybridized carbons (Fsp3) is 0.500. The van der Waals surface area contributed by atoms with Gasteiger partial charge in [-0.2, -0.15) is 0 Å². The standard InChI is InChI=1S/C14H17BrClNO3/c1-9(14(18)19)17(11-3-4-11)6-7-20-13-5-2-10(16)8-12(13)15/h2,5,8-9,11H,3-4,6-7H2,1H3,(H,18,19). The number of ether oxygens (including phenoxy) is 1. The summed E-state index contributed by atoms with van der Waals surface area (Å²) in [4.78, 5) is 13.1. The quantitative estimate of drug-likeness (QED) is 0.807. The minimum Gasteiger partial charge on any atom is -0.491 e. The van der Waals surface area contributed by atoms with Gasteiger partial charge in [-0.1, -0.05) is 11.6 Å². The van der Waals surface area contributed by atoms with Gasteiger partial charge >= 0.3 is 5.97 Å². The van der Waals surface area contributed by atoms with Crippen molar-refractivity contribution in [2.24, 2.45) is 0 Å². The van der Waals surface area contributed by atoms with Crippen molar-refractivity contribution in [1.29, 1.82) is 0 Å². The van der Waals surface area contributed by atoms with E-state index < -0.39 is 12.0 Å². The van der Waals surface area contributed by atoms with Crippen molar-refractivity contribution >= 4 is 33.5 Å². The number of carbonyl (C=O) groups is 1. The lowest BCUT2D eigenvalue weighted by Crippen LogP contribution is -2.42. The number of halogens is 2. The van der Waals surface area contributed by atoms with Crippen LogP contribution in [0.5, 0.6) is 5.75 Å². The Bertz CT molecular complexity index is 493. The lowest BCUT2D eigenvalue weighted by molar-refractivity contribution is -0.143. The summed E-state index contributed by atoms with van der Waals surface area (Å²) in [6.45, 7) is 2.78. The molecule has 1 N–H and O–H groups in total. The molecule has 1 saturated carbocycles. The first-order chi connectivity index (χ1) is 9.49. The Morgan fingerprint density at radius 3 is 2.85 bits per heavy atom. The second-order valence-electron chi connectivity index (χ2n) is 4.91. The molecule has 110 valence electrons. The largest absolute Gasteiger partial charge is 0.491 e. The Hall–Kier alpha value is -0.780. The summed E-state index contributed by atoms with van der Waals surface area (Å²) >= 11 is 9.26. The second kappa shape index (κ2) is 6.78. The maximum Gasteiger partial charge on any atom is 0.320 e. The summed E-state index contributed by atoms with van der Waals surface area (Å²) in [5.41, 5.74) is 0. The van der Waals surface area contributed by atoms with Gasteiger partial charge in [0.25, 0.3) is 0 Å². The van der Waals surface area contributed by atoms with Crippen LogP contribution in [-0.2, 0) is 4.79 Å². The summed E-state index contributed by atoms with van der Waals surface area (Å²) < 4.78 is 6.49. The first-order valence-electron chi connectivity index (χ1n) is 6.55. The van der Waals surface area contributed by atoms with Gasteiger partial charge in [0, 0.05) is 17.6 Å². The molecule has 0 spiro atoms. The van der Waals surface area contributed by atoms with Crippen LogP contribution in [0.2, 0.25) is 5.02 Å². The molecule has 0 heterocycles. The second-order valence-corrected chi connectivity index (χ2v) is 6.20. The fourth-order valence-electron chi connectivity index (χ4n) is 2.09. The predicted molar refractivity (Wildman–Crippen MR) is 81.5 cm³/mol. The van der Waals surface area contributed by atoms with Crippen molar-refractivity contribution in [3.8, 4) is 5.75 Å². The number of rotatable bonds is 7. The molecule has 1 aromatic rings. The molecule has 1 atom stereocenters. The van der Waals surface area contributed by atoms with Crippen LogP contribution >= 0.6 is 27.5 Å². The molecule has 0 bridgehead atoms. The molecule has 1 unspecified atom stereocenters. The predicted octanol–water partition coefficient (Wildman–Crippen LogP) is 3.42. The number of carboxylic acid groups (broad SMARTS) is 1. The minimum absolute atomic E-state index is 0.387. The minimum atomic E-state index is -0.787. The molecule has 0 amide bonds.